The maximum absolute atomic E-state index is 14.5. The van der Waals surface area contributed by atoms with Crippen molar-refractivity contribution in [3.8, 4) is 0 Å². The number of hydrogen-bond donors (Lipinski definition) is 1. The van der Waals surface area contributed by atoms with Crippen LogP contribution in [0.25, 0.3) is 0 Å². The molecule has 0 saturated heterocycles. The Hall–Kier alpha value is -2.63. The van der Waals surface area contributed by atoms with Gasteiger partial charge >= 0.3 is 11.9 Å². The van der Waals surface area contributed by atoms with Gasteiger partial charge < -0.3 is 14.8 Å². The molecule has 6 nitrogen and oxygen atoms in total. The maximum atomic E-state index is 14.5. The van der Waals surface area contributed by atoms with E-state index >= 15 is 0 Å². The van der Waals surface area contributed by atoms with Gasteiger partial charge in [0, 0.05) is 18.9 Å². The summed E-state index contributed by atoms with van der Waals surface area (Å²) in [6.45, 7) is 21.2. The lowest BCUT2D eigenvalue weighted by molar-refractivity contribution is -0.248. The number of ether oxygens (including phenoxy) is 2. The molecule has 0 spiro atoms. The molecule has 5 aliphatic carbocycles. The van der Waals surface area contributed by atoms with Crippen molar-refractivity contribution in [2.75, 3.05) is 7.11 Å². The number of allylic oxidation sites excluding steroid dienone is 1. The first-order chi connectivity index (χ1) is 22.0. The topological polar surface area (TPSA) is 81.7 Å². The predicted octanol–water partition coefficient (Wildman–Crippen LogP) is 8.68. The summed E-state index contributed by atoms with van der Waals surface area (Å²) >= 11 is 0. The summed E-state index contributed by atoms with van der Waals surface area (Å²) in [6, 6.07) is 7.35. The molecule has 0 radical (unpaired) electrons. The van der Waals surface area contributed by atoms with E-state index in [1.807, 2.05) is 12.1 Å². The zero-order valence-corrected chi connectivity index (χ0v) is 30.3. The highest BCUT2D eigenvalue weighted by molar-refractivity contribution is 5.89. The number of benzene rings is 1. The number of carbonyl (C=O) groups is 3. The molecule has 0 unspecified atom stereocenters. The van der Waals surface area contributed by atoms with Crippen molar-refractivity contribution in [3.05, 3.63) is 47.5 Å². The van der Waals surface area contributed by atoms with Crippen molar-refractivity contribution in [1.29, 1.82) is 0 Å². The van der Waals surface area contributed by atoms with Gasteiger partial charge in [0.1, 0.15) is 6.10 Å². The summed E-state index contributed by atoms with van der Waals surface area (Å²) in [4.78, 5) is 38.4. The first-order valence-electron chi connectivity index (χ1n) is 18.3. The lowest BCUT2D eigenvalue weighted by Gasteiger charge is -2.72. The lowest BCUT2D eigenvalue weighted by Crippen LogP contribution is -2.67. The molecule has 1 amide bonds. The second-order valence-electron chi connectivity index (χ2n) is 17.7. The van der Waals surface area contributed by atoms with Crippen molar-refractivity contribution < 1.29 is 23.9 Å². The molecular formula is C41H59NO5. The maximum Gasteiger partial charge on any atom is 0.337 e. The highest BCUT2D eigenvalue weighted by Gasteiger charge is 2.72. The summed E-state index contributed by atoms with van der Waals surface area (Å²) in [5.41, 5.74) is 2.87. The van der Waals surface area contributed by atoms with Crippen LogP contribution in [0.1, 0.15) is 129 Å². The van der Waals surface area contributed by atoms with Crippen LogP contribution in [0.2, 0.25) is 0 Å². The average molecular weight is 646 g/mol. The second kappa shape index (κ2) is 11.8. The van der Waals surface area contributed by atoms with Crippen LogP contribution in [0, 0.1) is 56.7 Å². The fourth-order valence-electron chi connectivity index (χ4n) is 13.2. The SMILES string of the molecule is C=C(C)[C@@H]1CC[C@]2(C(=O)NCc3ccc(C(=O)OC)cc3)CC[C@]3(C)[C@H](CC[C@@H]4[C@@]5(C)CC[C@H](OC(C)=O)C(C)(C)[C@@H]5CC[C@]43C)[C@@H]12. The number of fused-ring (bicyclic) bond motifs is 7. The van der Waals surface area contributed by atoms with Crippen LogP contribution in [-0.2, 0) is 25.6 Å². The van der Waals surface area contributed by atoms with Gasteiger partial charge in [0.15, 0.2) is 0 Å². The van der Waals surface area contributed by atoms with E-state index in [1.54, 1.807) is 19.1 Å². The first kappa shape index (κ1) is 34.2. The highest BCUT2D eigenvalue weighted by Crippen LogP contribution is 2.77. The summed E-state index contributed by atoms with van der Waals surface area (Å²) < 4.78 is 10.8. The average Bonchev–Trinajstić information content (AvgIpc) is 3.43. The van der Waals surface area contributed by atoms with Crippen LogP contribution < -0.4 is 5.32 Å². The molecule has 5 fully saturated rings. The van der Waals surface area contributed by atoms with Gasteiger partial charge in [-0.15, -0.1) is 0 Å². The Morgan fingerprint density at radius 3 is 2.17 bits per heavy atom. The molecule has 0 bridgehead atoms. The molecule has 10 atom stereocenters. The molecule has 5 saturated carbocycles. The fraction of sp³-hybridized carbons (Fsp3) is 0.732. The zero-order valence-electron chi connectivity index (χ0n) is 30.3. The number of nitrogens with one attached hydrogen (secondary N) is 1. The minimum atomic E-state index is -0.367. The minimum Gasteiger partial charge on any atom is -0.465 e. The van der Waals surface area contributed by atoms with Gasteiger partial charge in [-0.05, 0) is 135 Å². The zero-order chi connectivity index (χ0) is 34.2. The van der Waals surface area contributed by atoms with Crippen molar-refractivity contribution in [1.82, 2.24) is 5.32 Å². The molecule has 47 heavy (non-hydrogen) atoms. The van der Waals surface area contributed by atoms with Crippen LogP contribution >= 0.6 is 0 Å². The minimum absolute atomic E-state index is 0.0104. The van der Waals surface area contributed by atoms with E-state index in [9.17, 15) is 14.4 Å². The van der Waals surface area contributed by atoms with E-state index in [0.717, 1.165) is 44.1 Å². The molecule has 0 aliphatic heterocycles. The number of esters is 2. The Morgan fingerprint density at radius 2 is 1.53 bits per heavy atom. The Kier molecular flexibility index (Phi) is 8.57. The van der Waals surface area contributed by atoms with E-state index in [-0.39, 0.29) is 51.0 Å². The van der Waals surface area contributed by atoms with E-state index in [1.165, 1.54) is 38.4 Å². The van der Waals surface area contributed by atoms with Crippen molar-refractivity contribution in [2.45, 2.75) is 125 Å². The molecule has 5 aliphatic rings. The molecule has 1 N–H and O–H groups in total. The monoisotopic (exact) mass is 645 g/mol. The molecular weight excluding hydrogens is 586 g/mol. The fourth-order valence-corrected chi connectivity index (χ4v) is 13.2. The van der Waals surface area contributed by atoms with Crippen LogP contribution in [-0.4, -0.2) is 31.1 Å². The van der Waals surface area contributed by atoms with E-state index < -0.39 is 0 Å². The number of methoxy groups -OCH3 is 1. The molecule has 6 rings (SSSR count). The summed E-state index contributed by atoms with van der Waals surface area (Å²) in [5.74, 6) is 2.00. The second-order valence-corrected chi connectivity index (χ2v) is 17.7. The number of rotatable bonds is 6. The van der Waals surface area contributed by atoms with Crippen LogP contribution in [0.4, 0.5) is 0 Å². The van der Waals surface area contributed by atoms with E-state index in [0.29, 0.717) is 41.7 Å². The van der Waals surface area contributed by atoms with Crippen molar-refractivity contribution in [2.24, 2.45) is 56.7 Å². The third-order valence-corrected chi connectivity index (χ3v) is 15.6. The summed E-state index contributed by atoms with van der Waals surface area (Å²) in [6.07, 6.45) is 10.8. The van der Waals surface area contributed by atoms with Gasteiger partial charge in [0.05, 0.1) is 18.1 Å². The van der Waals surface area contributed by atoms with E-state index in [2.05, 4.69) is 53.4 Å². The molecule has 6 heteroatoms. The van der Waals surface area contributed by atoms with Crippen LogP contribution in [0.15, 0.2) is 36.4 Å². The third-order valence-electron chi connectivity index (χ3n) is 15.6. The van der Waals surface area contributed by atoms with Gasteiger partial charge in [-0.3, -0.25) is 9.59 Å². The number of amides is 1. The summed E-state index contributed by atoms with van der Waals surface area (Å²) in [5, 5.41) is 3.38. The molecule has 1 aromatic carbocycles. The van der Waals surface area contributed by atoms with Gasteiger partial charge in [-0.2, -0.15) is 0 Å². The van der Waals surface area contributed by atoms with E-state index in [4.69, 9.17) is 9.47 Å². The van der Waals surface area contributed by atoms with Crippen LogP contribution in [0.5, 0.6) is 0 Å². The van der Waals surface area contributed by atoms with Gasteiger partial charge in [-0.25, -0.2) is 4.79 Å². The molecule has 0 aromatic heterocycles. The Labute approximate surface area is 283 Å². The highest BCUT2D eigenvalue weighted by atomic mass is 16.5. The molecule has 258 valence electrons. The third kappa shape index (κ3) is 5.04. The van der Waals surface area contributed by atoms with Crippen molar-refractivity contribution >= 4 is 17.8 Å². The normalized spacial score (nSPS) is 41.7. The quantitative estimate of drug-likeness (QED) is 0.247. The number of hydrogen-bond acceptors (Lipinski definition) is 5. The Morgan fingerprint density at radius 1 is 0.830 bits per heavy atom. The van der Waals surface area contributed by atoms with Gasteiger partial charge in [0.2, 0.25) is 5.91 Å². The Bertz CT molecular complexity index is 1430. The lowest BCUT2D eigenvalue weighted by atomic mass is 9.32. The largest absolute Gasteiger partial charge is 0.465 e. The molecule has 1 aromatic rings. The standard InChI is InChI=1S/C41H59NO5/c1-25(2)29-16-21-41(36(45)42-24-27-10-12-28(13-11-27)35(44)46-9)23-22-39(7)30(34(29)41)14-15-32-38(6)19-18-33(47-26(3)43)37(4,5)31(38)17-20-40(32,39)8/h10-13,29-34H,1,14-24H2,2-9H3,(H,42,45)/t29-,30+,31-,32+,33-,34+,38-,39+,40+,41-/m0/s1. The molecule has 0 heterocycles. The van der Waals surface area contributed by atoms with Crippen LogP contribution in [0.3, 0.4) is 0 Å². The van der Waals surface area contributed by atoms with Gasteiger partial charge in [0.25, 0.3) is 0 Å². The van der Waals surface area contributed by atoms with Gasteiger partial charge in [-0.1, -0.05) is 58.9 Å². The summed E-state index contributed by atoms with van der Waals surface area (Å²) in [7, 11) is 1.39. The predicted molar refractivity (Wildman–Crippen MR) is 184 cm³/mol. The van der Waals surface area contributed by atoms with Crippen molar-refractivity contribution in [3.63, 3.8) is 0 Å². The Balaban J connectivity index is 1.27. The smallest absolute Gasteiger partial charge is 0.337 e. The first-order valence-corrected chi connectivity index (χ1v) is 18.3. The number of carbonyl (C=O) groups excluding carboxylic acids is 3.